The topological polar surface area (TPSA) is 56.5 Å². The molecule has 0 bridgehead atoms. The minimum Gasteiger partial charge on any atom is -0.487 e. The number of fused-ring (bicyclic) bond motifs is 2. The zero-order valence-electron chi connectivity index (χ0n) is 21.3. The van der Waals surface area contributed by atoms with Crippen LogP contribution in [0.2, 0.25) is 0 Å². The molecule has 0 saturated heterocycles. The van der Waals surface area contributed by atoms with E-state index in [4.69, 9.17) is 9.72 Å². The molecule has 5 aromatic rings. The first-order valence-electron chi connectivity index (χ1n) is 13.2. The van der Waals surface area contributed by atoms with Crippen LogP contribution in [0.25, 0.3) is 21.7 Å². The van der Waals surface area contributed by atoms with Gasteiger partial charge in [0.05, 0.1) is 26.1 Å². The fourth-order valence-electron chi connectivity index (χ4n) is 5.36. The molecule has 0 unspecified atom stereocenters. The Bertz CT molecular complexity index is 1730. The summed E-state index contributed by atoms with van der Waals surface area (Å²) >= 11 is 7.35. The van der Waals surface area contributed by atoms with E-state index < -0.39 is 0 Å². The van der Waals surface area contributed by atoms with E-state index in [9.17, 15) is 4.79 Å². The fourth-order valence-corrected chi connectivity index (χ4v) is 6.81. The van der Waals surface area contributed by atoms with Gasteiger partial charge in [0.2, 0.25) is 0 Å². The van der Waals surface area contributed by atoms with Gasteiger partial charge in [0.1, 0.15) is 18.2 Å². The van der Waals surface area contributed by atoms with Gasteiger partial charge in [-0.3, -0.25) is 4.79 Å². The molecule has 0 aliphatic heterocycles. The van der Waals surface area contributed by atoms with Gasteiger partial charge in [-0.1, -0.05) is 73.9 Å². The molecule has 1 aliphatic carbocycles. The highest BCUT2D eigenvalue weighted by molar-refractivity contribution is 9.11. The number of ether oxygens (including phenoxy) is 1. The molecule has 1 aliphatic rings. The van der Waals surface area contributed by atoms with Crippen molar-refractivity contribution < 1.29 is 4.74 Å². The van der Waals surface area contributed by atoms with Crippen LogP contribution in [0.3, 0.4) is 0 Å². The number of aromatic nitrogens is 2. The fraction of sp³-hybridized carbons (Fsp3) is 0.219. The van der Waals surface area contributed by atoms with Crippen LogP contribution in [0.5, 0.6) is 5.75 Å². The van der Waals surface area contributed by atoms with Gasteiger partial charge in [0, 0.05) is 5.92 Å². The molecule has 196 valence electrons. The first kappa shape index (κ1) is 26.0. The van der Waals surface area contributed by atoms with Crippen LogP contribution in [0.15, 0.2) is 97.7 Å². The first-order chi connectivity index (χ1) is 19.1. The van der Waals surface area contributed by atoms with Gasteiger partial charge in [-0.15, -0.1) is 0 Å². The predicted molar refractivity (Wildman–Crippen MR) is 165 cm³/mol. The van der Waals surface area contributed by atoms with Crippen molar-refractivity contribution in [2.75, 3.05) is 0 Å². The zero-order chi connectivity index (χ0) is 26.8. The summed E-state index contributed by atoms with van der Waals surface area (Å²) in [4.78, 5) is 18.4. The molecule has 39 heavy (non-hydrogen) atoms. The minimum absolute atomic E-state index is 0.134. The minimum atomic E-state index is -0.134. The van der Waals surface area contributed by atoms with Crippen LogP contribution in [-0.4, -0.2) is 15.9 Å². The van der Waals surface area contributed by atoms with E-state index >= 15 is 0 Å². The lowest BCUT2D eigenvalue weighted by Gasteiger charge is -2.22. The van der Waals surface area contributed by atoms with Crippen molar-refractivity contribution in [3.63, 3.8) is 0 Å². The third kappa shape index (κ3) is 5.43. The number of hydrogen-bond acceptors (Lipinski definition) is 4. The van der Waals surface area contributed by atoms with E-state index in [0.717, 1.165) is 57.1 Å². The molecule has 0 radical (unpaired) electrons. The van der Waals surface area contributed by atoms with Crippen molar-refractivity contribution in [2.24, 2.45) is 5.10 Å². The van der Waals surface area contributed by atoms with Gasteiger partial charge >= 0.3 is 0 Å². The quantitative estimate of drug-likeness (QED) is 0.174. The number of hydrogen-bond donors (Lipinski definition) is 0. The van der Waals surface area contributed by atoms with Crippen LogP contribution < -0.4 is 10.3 Å². The van der Waals surface area contributed by atoms with Crippen LogP contribution in [0.4, 0.5) is 0 Å². The third-order valence-corrected chi connectivity index (χ3v) is 8.52. The Hall–Kier alpha value is -3.29. The maximum atomic E-state index is 13.5. The van der Waals surface area contributed by atoms with E-state index in [0.29, 0.717) is 17.7 Å². The van der Waals surface area contributed by atoms with E-state index in [2.05, 4.69) is 67.3 Å². The number of para-hydroxylation sites is 1. The molecule has 0 N–H and O–H groups in total. The van der Waals surface area contributed by atoms with Crippen LogP contribution in [0.1, 0.15) is 55.0 Å². The molecule has 1 aromatic heterocycles. The number of benzene rings is 4. The lowest BCUT2D eigenvalue weighted by atomic mass is 9.88. The van der Waals surface area contributed by atoms with Gasteiger partial charge in [0.25, 0.3) is 5.56 Å². The van der Waals surface area contributed by atoms with E-state index in [1.165, 1.54) is 21.9 Å². The maximum absolute atomic E-state index is 13.5. The van der Waals surface area contributed by atoms with Crippen molar-refractivity contribution >= 4 is 59.7 Å². The Balaban J connectivity index is 1.30. The Kier molecular flexibility index (Phi) is 7.62. The highest BCUT2D eigenvalue weighted by atomic mass is 79.9. The normalized spacial score (nSPS) is 14.4. The largest absolute Gasteiger partial charge is 0.487 e. The van der Waals surface area contributed by atoms with Crippen molar-refractivity contribution in [1.29, 1.82) is 0 Å². The molecule has 1 fully saturated rings. The van der Waals surface area contributed by atoms with Crippen molar-refractivity contribution in [1.82, 2.24) is 9.66 Å². The average molecular weight is 645 g/mol. The van der Waals surface area contributed by atoms with Gasteiger partial charge in [0.15, 0.2) is 0 Å². The summed E-state index contributed by atoms with van der Waals surface area (Å²) in [7, 11) is 0. The summed E-state index contributed by atoms with van der Waals surface area (Å²) in [6.07, 6.45) is 7.30. The van der Waals surface area contributed by atoms with Crippen LogP contribution in [-0.2, 0) is 6.61 Å². The second kappa shape index (κ2) is 11.4. The molecule has 7 heteroatoms. The lowest BCUT2D eigenvalue weighted by Crippen LogP contribution is -2.25. The zero-order valence-corrected chi connectivity index (χ0v) is 24.5. The van der Waals surface area contributed by atoms with Gasteiger partial charge < -0.3 is 4.74 Å². The Morgan fingerprint density at radius 1 is 0.897 bits per heavy atom. The summed E-state index contributed by atoms with van der Waals surface area (Å²) in [5.41, 5.74) is 2.55. The highest BCUT2D eigenvalue weighted by Crippen LogP contribution is 2.36. The van der Waals surface area contributed by atoms with E-state index in [1.807, 2.05) is 48.5 Å². The average Bonchev–Trinajstić information content (AvgIpc) is 2.96. The van der Waals surface area contributed by atoms with Gasteiger partial charge in [-0.05, 0) is 90.9 Å². The SMILES string of the molecule is O=c1c2ccccc2nc(C2CCCCC2)n1N=Cc1cc(Br)c(OCc2cccc3ccccc23)c(Br)c1. The first-order valence-corrected chi connectivity index (χ1v) is 14.8. The van der Waals surface area contributed by atoms with E-state index in [1.54, 1.807) is 6.21 Å². The van der Waals surface area contributed by atoms with Crippen molar-refractivity contribution in [3.8, 4) is 5.75 Å². The monoisotopic (exact) mass is 643 g/mol. The van der Waals surface area contributed by atoms with E-state index in [-0.39, 0.29) is 11.5 Å². The molecular weight excluding hydrogens is 618 g/mol. The van der Waals surface area contributed by atoms with Crippen LogP contribution >= 0.6 is 31.9 Å². The molecular formula is C32H27Br2N3O2. The molecule has 6 rings (SSSR count). The molecule has 1 heterocycles. The smallest absolute Gasteiger partial charge is 0.282 e. The highest BCUT2D eigenvalue weighted by Gasteiger charge is 2.22. The molecule has 4 aromatic carbocycles. The molecule has 0 amide bonds. The molecule has 0 atom stereocenters. The maximum Gasteiger partial charge on any atom is 0.282 e. The van der Waals surface area contributed by atoms with Crippen molar-refractivity contribution in [2.45, 2.75) is 44.6 Å². The van der Waals surface area contributed by atoms with Crippen LogP contribution in [0, 0.1) is 0 Å². The Morgan fingerprint density at radius 3 is 2.38 bits per heavy atom. The Morgan fingerprint density at radius 2 is 1.59 bits per heavy atom. The second-order valence-electron chi connectivity index (χ2n) is 9.92. The van der Waals surface area contributed by atoms with Gasteiger partial charge in [-0.25, -0.2) is 4.98 Å². The molecule has 0 spiro atoms. The number of halogens is 2. The number of nitrogens with zero attached hydrogens (tertiary/aromatic N) is 3. The standard InChI is InChI=1S/C32H27Br2N3O2/c33-27-17-21(18-28(34)30(27)39-20-24-13-8-12-22-9-4-5-14-25(22)24)19-35-37-31(23-10-2-1-3-11-23)36-29-16-7-6-15-26(29)32(37)38/h4-9,12-19,23H,1-3,10-11,20H2. The molecule has 1 saturated carbocycles. The van der Waals surface area contributed by atoms with Crippen molar-refractivity contribution in [3.05, 3.63) is 115 Å². The summed E-state index contributed by atoms with van der Waals surface area (Å²) in [5, 5.41) is 7.62. The summed E-state index contributed by atoms with van der Waals surface area (Å²) in [6.45, 7) is 0.439. The number of rotatable bonds is 6. The molecule has 5 nitrogen and oxygen atoms in total. The Labute approximate surface area is 243 Å². The predicted octanol–water partition coefficient (Wildman–Crippen LogP) is 8.58. The van der Waals surface area contributed by atoms with Gasteiger partial charge in [-0.2, -0.15) is 9.78 Å². The summed E-state index contributed by atoms with van der Waals surface area (Å²) < 4.78 is 9.35. The third-order valence-electron chi connectivity index (χ3n) is 7.34. The summed E-state index contributed by atoms with van der Waals surface area (Å²) in [5.74, 6) is 1.70. The second-order valence-corrected chi connectivity index (χ2v) is 11.6. The lowest BCUT2D eigenvalue weighted by molar-refractivity contribution is 0.303. The summed E-state index contributed by atoms with van der Waals surface area (Å²) in [6, 6.07) is 26.0.